The van der Waals surface area contributed by atoms with Gasteiger partial charge < -0.3 is 9.47 Å². The van der Waals surface area contributed by atoms with E-state index in [1.165, 1.54) is 5.56 Å². The van der Waals surface area contributed by atoms with E-state index in [0.717, 1.165) is 44.1 Å². The lowest BCUT2D eigenvalue weighted by molar-refractivity contribution is -0.143. The maximum atomic E-state index is 11.8. The van der Waals surface area contributed by atoms with Gasteiger partial charge in [0.15, 0.2) is 0 Å². The zero-order valence-electron chi connectivity index (χ0n) is 15.2. The Morgan fingerprint density at radius 3 is 2.00 bits per heavy atom. The van der Waals surface area contributed by atoms with E-state index in [9.17, 15) is 9.59 Å². The summed E-state index contributed by atoms with van der Waals surface area (Å²) in [5.41, 5.74) is 2.32. The number of unbranched alkanes of at least 4 members (excludes halogenated alkanes) is 5. The van der Waals surface area contributed by atoms with Crippen molar-refractivity contribution in [3.8, 4) is 5.75 Å². The SMILES string of the molecule is CCOC(=O)CCCCCCCCC(=O)Oc1ccc(C)c(C)c1. The van der Waals surface area contributed by atoms with E-state index < -0.39 is 0 Å². The van der Waals surface area contributed by atoms with Crippen molar-refractivity contribution in [3.05, 3.63) is 29.3 Å². The first-order valence-corrected chi connectivity index (χ1v) is 8.96. The molecule has 0 saturated carbocycles. The highest BCUT2D eigenvalue weighted by Crippen LogP contribution is 2.17. The third-order valence-corrected chi connectivity index (χ3v) is 4.03. The molecule has 0 atom stereocenters. The van der Waals surface area contributed by atoms with Crippen molar-refractivity contribution in [2.75, 3.05) is 6.61 Å². The van der Waals surface area contributed by atoms with Gasteiger partial charge >= 0.3 is 11.9 Å². The topological polar surface area (TPSA) is 52.6 Å². The molecule has 0 unspecified atom stereocenters. The molecule has 0 saturated heterocycles. The average Bonchev–Trinajstić information content (AvgIpc) is 2.53. The molecule has 1 aromatic carbocycles. The Morgan fingerprint density at radius 1 is 0.833 bits per heavy atom. The standard InChI is InChI=1S/C20H30O4/c1-4-23-19(21)11-9-7-5-6-8-10-12-20(22)24-18-14-13-16(2)17(3)15-18/h13-15H,4-12H2,1-3H3. The van der Waals surface area contributed by atoms with E-state index in [4.69, 9.17) is 9.47 Å². The molecule has 0 bridgehead atoms. The maximum absolute atomic E-state index is 11.8. The second-order valence-corrected chi connectivity index (χ2v) is 6.15. The Hall–Kier alpha value is -1.84. The van der Waals surface area contributed by atoms with Crippen LogP contribution in [0.25, 0.3) is 0 Å². The Kier molecular flexibility index (Phi) is 9.81. The van der Waals surface area contributed by atoms with E-state index >= 15 is 0 Å². The van der Waals surface area contributed by atoms with Crippen LogP contribution in [0.3, 0.4) is 0 Å². The Labute approximate surface area is 145 Å². The second-order valence-electron chi connectivity index (χ2n) is 6.15. The smallest absolute Gasteiger partial charge is 0.311 e. The molecule has 1 rings (SSSR count). The lowest BCUT2D eigenvalue weighted by Gasteiger charge is -2.07. The van der Waals surface area contributed by atoms with E-state index in [-0.39, 0.29) is 11.9 Å². The zero-order chi connectivity index (χ0) is 17.8. The van der Waals surface area contributed by atoms with Gasteiger partial charge in [0.2, 0.25) is 0 Å². The molecule has 0 amide bonds. The van der Waals surface area contributed by atoms with Crippen LogP contribution in [0.4, 0.5) is 0 Å². The predicted molar refractivity (Wildman–Crippen MR) is 95.1 cm³/mol. The first kappa shape index (κ1) is 20.2. The first-order chi connectivity index (χ1) is 11.5. The molecule has 4 nitrogen and oxygen atoms in total. The number of esters is 2. The highest BCUT2D eigenvalue weighted by atomic mass is 16.5. The highest BCUT2D eigenvalue weighted by Gasteiger charge is 2.06. The highest BCUT2D eigenvalue weighted by molar-refractivity contribution is 5.72. The minimum absolute atomic E-state index is 0.105. The Bertz CT molecular complexity index is 522. The summed E-state index contributed by atoms with van der Waals surface area (Å²) in [4.78, 5) is 23.0. The summed E-state index contributed by atoms with van der Waals surface area (Å²) in [5, 5.41) is 0. The molecule has 0 aromatic heterocycles. The van der Waals surface area contributed by atoms with E-state index in [1.54, 1.807) is 0 Å². The third kappa shape index (κ3) is 8.70. The molecule has 24 heavy (non-hydrogen) atoms. The van der Waals surface area contributed by atoms with E-state index in [1.807, 2.05) is 39.0 Å². The van der Waals surface area contributed by atoms with Crippen molar-refractivity contribution in [2.24, 2.45) is 0 Å². The van der Waals surface area contributed by atoms with Crippen LogP contribution in [0.15, 0.2) is 18.2 Å². The van der Waals surface area contributed by atoms with Crippen molar-refractivity contribution >= 4 is 11.9 Å². The van der Waals surface area contributed by atoms with Crippen molar-refractivity contribution in [3.63, 3.8) is 0 Å². The largest absolute Gasteiger partial charge is 0.466 e. The van der Waals surface area contributed by atoms with Crippen molar-refractivity contribution in [1.82, 2.24) is 0 Å². The van der Waals surface area contributed by atoms with Gasteiger partial charge in [-0.1, -0.05) is 31.7 Å². The van der Waals surface area contributed by atoms with Gasteiger partial charge in [0, 0.05) is 12.8 Å². The Balaban J connectivity index is 2.03. The van der Waals surface area contributed by atoms with Gasteiger partial charge in [-0.15, -0.1) is 0 Å². The summed E-state index contributed by atoms with van der Waals surface area (Å²) in [6, 6.07) is 5.70. The minimum Gasteiger partial charge on any atom is -0.466 e. The molecule has 0 radical (unpaired) electrons. The van der Waals surface area contributed by atoms with Gasteiger partial charge in [-0.2, -0.15) is 0 Å². The Morgan fingerprint density at radius 2 is 1.42 bits per heavy atom. The average molecular weight is 334 g/mol. The van der Waals surface area contributed by atoms with Gasteiger partial charge in [-0.05, 0) is 56.9 Å². The molecule has 0 fully saturated rings. The summed E-state index contributed by atoms with van der Waals surface area (Å²) in [6.07, 6.45) is 6.92. The fourth-order valence-electron chi connectivity index (χ4n) is 2.44. The summed E-state index contributed by atoms with van der Waals surface area (Å²) in [5.74, 6) is 0.356. The lowest BCUT2D eigenvalue weighted by Crippen LogP contribution is -2.07. The van der Waals surface area contributed by atoms with E-state index in [0.29, 0.717) is 25.2 Å². The maximum Gasteiger partial charge on any atom is 0.311 e. The monoisotopic (exact) mass is 334 g/mol. The van der Waals surface area contributed by atoms with Crippen LogP contribution in [0.1, 0.15) is 69.4 Å². The molecule has 0 spiro atoms. The van der Waals surface area contributed by atoms with Crippen molar-refractivity contribution < 1.29 is 19.1 Å². The molecule has 1 aromatic rings. The molecule has 0 aliphatic carbocycles. The molecule has 4 heteroatoms. The number of benzene rings is 1. The second kappa shape index (κ2) is 11.7. The van der Waals surface area contributed by atoms with Crippen LogP contribution in [-0.4, -0.2) is 18.5 Å². The fourth-order valence-corrected chi connectivity index (χ4v) is 2.44. The van der Waals surface area contributed by atoms with Gasteiger partial charge in [-0.25, -0.2) is 0 Å². The number of hydrogen-bond acceptors (Lipinski definition) is 4. The fraction of sp³-hybridized carbons (Fsp3) is 0.600. The molecule has 0 aliphatic rings. The van der Waals surface area contributed by atoms with Crippen molar-refractivity contribution in [1.29, 1.82) is 0 Å². The van der Waals surface area contributed by atoms with Crippen molar-refractivity contribution in [2.45, 2.75) is 72.1 Å². The summed E-state index contributed by atoms with van der Waals surface area (Å²) in [6.45, 7) is 6.32. The zero-order valence-corrected chi connectivity index (χ0v) is 15.2. The van der Waals surface area contributed by atoms with Crippen LogP contribution in [-0.2, 0) is 14.3 Å². The normalized spacial score (nSPS) is 10.5. The molecule has 0 aliphatic heterocycles. The number of carbonyl (C=O) groups excluding carboxylic acids is 2. The number of carbonyl (C=O) groups is 2. The number of aryl methyl sites for hydroxylation is 2. The minimum atomic E-state index is -0.166. The predicted octanol–water partition coefficient (Wildman–Crippen LogP) is 4.89. The summed E-state index contributed by atoms with van der Waals surface area (Å²) < 4.78 is 10.2. The first-order valence-electron chi connectivity index (χ1n) is 8.96. The molecule has 0 N–H and O–H groups in total. The summed E-state index contributed by atoms with van der Waals surface area (Å²) in [7, 11) is 0. The third-order valence-electron chi connectivity index (χ3n) is 4.03. The molecule has 134 valence electrons. The summed E-state index contributed by atoms with van der Waals surface area (Å²) >= 11 is 0. The number of ether oxygens (including phenoxy) is 2. The van der Waals surface area contributed by atoms with Gasteiger partial charge in [0.25, 0.3) is 0 Å². The van der Waals surface area contributed by atoms with Gasteiger partial charge in [-0.3, -0.25) is 9.59 Å². The molecule has 0 heterocycles. The van der Waals surface area contributed by atoms with Crippen LogP contribution >= 0.6 is 0 Å². The quantitative estimate of drug-likeness (QED) is 0.328. The molecular weight excluding hydrogens is 304 g/mol. The number of rotatable bonds is 11. The lowest BCUT2D eigenvalue weighted by atomic mass is 10.1. The van der Waals surface area contributed by atoms with Gasteiger partial charge in [0.1, 0.15) is 5.75 Å². The van der Waals surface area contributed by atoms with Crippen LogP contribution in [0, 0.1) is 13.8 Å². The number of hydrogen-bond donors (Lipinski definition) is 0. The molecular formula is C20H30O4. The van der Waals surface area contributed by atoms with Gasteiger partial charge in [0.05, 0.1) is 6.61 Å². The van der Waals surface area contributed by atoms with E-state index in [2.05, 4.69) is 0 Å². The van der Waals surface area contributed by atoms with Crippen LogP contribution < -0.4 is 4.74 Å². The van der Waals surface area contributed by atoms with Crippen LogP contribution in [0.5, 0.6) is 5.75 Å². The van der Waals surface area contributed by atoms with Crippen LogP contribution in [0.2, 0.25) is 0 Å².